The third-order valence-corrected chi connectivity index (χ3v) is 2.88. The fourth-order valence-electron chi connectivity index (χ4n) is 1.97. The highest BCUT2D eigenvalue weighted by Gasteiger charge is 2.19. The van der Waals surface area contributed by atoms with Gasteiger partial charge in [-0.1, -0.05) is 19.9 Å². The first-order valence-corrected chi connectivity index (χ1v) is 6.37. The third-order valence-electron chi connectivity index (χ3n) is 2.88. The molecule has 0 atom stereocenters. The zero-order valence-electron chi connectivity index (χ0n) is 11.8. The second kappa shape index (κ2) is 5.26. The Labute approximate surface area is 113 Å². The van der Waals surface area contributed by atoms with E-state index < -0.39 is 0 Å². The summed E-state index contributed by atoms with van der Waals surface area (Å²) in [4.78, 5) is 14.2. The number of hydrogen-bond acceptors (Lipinski definition) is 3. The van der Waals surface area contributed by atoms with E-state index in [-0.39, 0.29) is 11.7 Å². The summed E-state index contributed by atoms with van der Waals surface area (Å²) in [5, 5.41) is 4.51. The van der Waals surface area contributed by atoms with Crippen LogP contribution in [0, 0.1) is 0 Å². The van der Waals surface area contributed by atoms with Gasteiger partial charge in [0.2, 0.25) is 0 Å². The predicted molar refractivity (Wildman–Crippen MR) is 76.4 cm³/mol. The smallest absolute Gasteiger partial charge is 0.191 e. The molecule has 0 amide bonds. The molecule has 0 aliphatic rings. The van der Waals surface area contributed by atoms with Gasteiger partial charge in [-0.3, -0.25) is 4.79 Å². The Kier molecular flexibility index (Phi) is 3.69. The average molecular weight is 257 g/mol. The molecule has 100 valence electrons. The lowest BCUT2D eigenvalue weighted by molar-refractivity contribution is 0.104. The molecule has 0 aromatic carbocycles. The van der Waals surface area contributed by atoms with Gasteiger partial charge in [0.15, 0.2) is 5.78 Å². The highest BCUT2D eigenvalue weighted by Crippen LogP contribution is 2.23. The molecule has 2 heterocycles. The van der Waals surface area contributed by atoms with Crippen molar-refractivity contribution in [2.24, 2.45) is 0 Å². The van der Waals surface area contributed by atoms with Gasteiger partial charge in [-0.25, -0.2) is 4.52 Å². The quantitative estimate of drug-likeness (QED) is 0.624. The first-order valence-electron chi connectivity index (χ1n) is 6.37. The van der Waals surface area contributed by atoms with Crippen LogP contribution in [-0.2, 0) is 0 Å². The molecule has 2 rings (SSSR count). The molecule has 4 nitrogen and oxygen atoms in total. The molecule has 19 heavy (non-hydrogen) atoms. The molecule has 0 N–H and O–H groups in total. The molecule has 2 aromatic heterocycles. The third kappa shape index (κ3) is 2.67. The Morgan fingerprint density at radius 1 is 1.37 bits per heavy atom. The Bertz CT molecular complexity index is 623. The molecule has 0 fully saturated rings. The van der Waals surface area contributed by atoms with E-state index in [1.165, 1.54) is 0 Å². The predicted octanol–water partition coefficient (Wildman–Crippen LogP) is 2.72. The standard InChI is InChI=1S/C15H19N3O/c1-11(2)15-14(13(19)8-10-17(3)4)12-7-5-6-9-18(12)16-15/h5-11H,1-4H3. The topological polar surface area (TPSA) is 37.6 Å². The lowest BCUT2D eigenvalue weighted by Gasteiger charge is -2.04. The fraction of sp³-hybridized carbons (Fsp3) is 0.333. The van der Waals surface area contributed by atoms with Crippen molar-refractivity contribution in [3.8, 4) is 0 Å². The minimum absolute atomic E-state index is 0.00130. The van der Waals surface area contributed by atoms with Gasteiger partial charge in [0, 0.05) is 32.6 Å². The number of nitrogens with zero attached hydrogens (tertiary/aromatic N) is 3. The summed E-state index contributed by atoms with van der Waals surface area (Å²) in [6.07, 6.45) is 5.22. The molecule has 0 unspecified atom stereocenters. The maximum absolute atomic E-state index is 12.4. The van der Waals surface area contributed by atoms with Gasteiger partial charge in [-0.2, -0.15) is 5.10 Å². The normalized spacial score (nSPS) is 11.6. The maximum atomic E-state index is 12.4. The van der Waals surface area contributed by atoms with Crippen molar-refractivity contribution in [1.29, 1.82) is 0 Å². The van der Waals surface area contributed by atoms with Gasteiger partial charge in [0.1, 0.15) is 0 Å². The summed E-state index contributed by atoms with van der Waals surface area (Å²) < 4.78 is 1.77. The van der Waals surface area contributed by atoms with Crippen LogP contribution in [0.2, 0.25) is 0 Å². The van der Waals surface area contributed by atoms with Crippen LogP contribution in [0.15, 0.2) is 36.7 Å². The van der Waals surface area contributed by atoms with Gasteiger partial charge in [-0.05, 0) is 18.1 Å². The zero-order chi connectivity index (χ0) is 14.0. The number of hydrogen-bond donors (Lipinski definition) is 0. The van der Waals surface area contributed by atoms with E-state index in [0.29, 0.717) is 5.56 Å². The maximum Gasteiger partial charge on any atom is 0.191 e. The molecular formula is C15H19N3O. The van der Waals surface area contributed by atoms with E-state index in [1.807, 2.05) is 57.2 Å². The van der Waals surface area contributed by atoms with E-state index in [4.69, 9.17) is 0 Å². The Balaban J connectivity index is 2.56. The van der Waals surface area contributed by atoms with Crippen molar-refractivity contribution in [3.05, 3.63) is 47.9 Å². The fourth-order valence-corrected chi connectivity index (χ4v) is 1.97. The van der Waals surface area contributed by atoms with E-state index in [2.05, 4.69) is 5.10 Å². The van der Waals surface area contributed by atoms with E-state index in [0.717, 1.165) is 11.2 Å². The van der Waals surface area contributed by atoms with Crippen LogP contribution >= 0.6 is 0 Å². The van der Waals surface area contributed by atoms with Crippen molar-refractivity contribution in [2.45, 2.75) is 19.8 Å². The molecule has 0 radical (unpaired) electrons. The van der Waals surface area contributed by atoms with Gasteiger partial charge in [0.25, 0.3) is 0 Å². The molecule has 4 heteroatoms. The summed E-state index contributed by atoms with van der Waals surface area (Å²) in [6.45, 7) is 4.10. The van der Waals surface area contributed by atoms with Crippen LogP contribution in [0.5, 0.6) is 0 Å². The van der Waals surface area contributed by atoms with Gasteiger partial charge in [0.05, 0.1) is 16.8 Å². The van der Waals surface area contributed by atoms with Crippen LogP contribution in [0.25, 0.3) is 5.52 Å². The van der Waals surface area contributed by atoms with Gasteiger partial charge >= 0.3 is 0 Å². The molecule has 0 aliphatic carbocycles. The van der Waals surface area contributed by atoms with Crippen LogP contribution in [-0.4, -0.2) is 34.4 Å². The van der Waals surface area contributed by atoms with E-state index in [1.54, 1.807) is 16.8 Å². The lowest BCUT2D eigenvalue weighted by Crippen LogP contribution is -2.05. The molecule has 0 spiro atoms. The summed E-state index contributed by atoms with van der Waals surface area (Å²) in [5.41, 5.74) is 2.41. The molecule has 0 saturated carbocycles. The van der Waals surface area contributed by atoms with Crippen LogP contribution in [0.3, 0.4) is 0 Å². The molecule has 0 saturated heterocycles. The van der Waals surface area contributed by atoms with Crippen LogP contribution in [0.4, 0.5) is 0 Å². The highest BCUT2D eigenvalue weighted by molar-refractivity contribution is 6.10. The van der Waals surface area contributed by atoms with E-state index in [9.17, 15) is 4.79 Å². The Hall–Kier alpha value is -2.10. The van der Waals surface area contributed by atoms with Crippen molar-refractivity contribution in [3.63, 3.8) is 0 Å². The summed E-state index contributed by atoms with van der Waals surface area (Å²) >= 11 is 0. The molecule has 0 bridgehead atoms. The van der Waals surface area contributed by atoms with Crippen LogP contribution < -0.4 is 0 Å². The first kappa shape index (κ1) is 13.3. The van der Waals surface area contributed by atoms with Crippen molar-refractivity contribution >= 4 is 11.3 Å². The van der Waals surface area contributed by atoms with Gasteiger partial charge < -0.3 is 4.90 Å². The number of allylic oxidation sites excluding steroid dienone is 1. The monoisotopic (exact) mass is 257 g/mol. The van der Waals surface area contributed by atoms with E-state index >= 15 is 0 Å². The highest BCUT2D eigenvalue weighted by atomic mass is 16.1. The number of pyridine rings is 1. The van der Waals surface area contributed by atoms with Crippen molar-refractivity contribution in [1.82, 2.24) is 14.5 Å². The molecule has 0 aliphatic heterocycles. The summed E-state index contributed by atoms with van der Waals surface area (Å²) in [5.74, 6) is 0.213. The number of fused-ring (bicyclic) bond motifs is 1. The van der Waals surface area contributed by atoms with Crippen LogP contribution in [0.1, 0.15) is 35.8 Å². The lowest BCUT2D eigenvalue weighted by atomic mass is 10.0. The number of carbonyl (C=O) groups excluding carboxylic acids is 1. The molecular weight excluding hydrogens is 238 g/mol. The number of rotatable bonds is 4. The second-order valence-corrected chi connectivity index (χ2v) is 5.09. The SMILES string of the molecule is CC(C)c1nn2ccccc2c1C(=O)C=CN(C)C. The van der Waals surface area contributed by atoms with Crippen molar-refractivity contribution in [2.75, 3.05) is 14.1 Å². The Morgan fingerprint density at radius 2 is 2.11 bits per heavy atom. The van der Waals surface area contributed by atoms with Gasteiger partial charge in [-0.15, -0.1) is 0 Å². The number of aromatic nitrogens is 2. The van der Waals surface area contributed by atoms with Crippen molar-refractivity contribution < 1.29 is 4.79 Å². The minimum atomic E-state index is -0.00130. The summed E-state index contributed by atoms with van der Waals surface area (Å²) in [7, 11) is 3.78. The number of carbonyl (C=O) groups is 1. The molecule has 2 aromatic rings. The first-order chi connectivity index (χ1) is 9.00. The minimum Gasteiger partial charge on any atom is -0.383 e. The zero-order valence-corrected chi connectivity index (χ0v) is 11.8. The number of ketones is 1. The largest absolute Gasteiger partial charge is 0.383 e. The second-order valence-electron chi connectivity index (χ2n) is 5.09. The Morgan fingerprint density at radius 3 is 2.74 bits per heavy atom. The average Bonchev–Trinajstić information content (AvgIpc) is 2.75. The summed E-state index contributed by atoms with van der Waals surface area (Å²) in [6, 6.07) is 5.76.